The van der Waals surface area contributed by atoms with Crippen LogP contribution in [0.5, 0.6) is 11.5 Å². The third-order valence-electron chi connectivity index (χ3n) is 10.2. The van der Waals surface area contributed by atoms with Gasteiger partial charge in [-0.3, -0.25) is 14.7 Å². The number of amides is 4. The van der Waals surface area contributed by atoms with Crippen LogP contribution < -0.4 is 19.7 Å². The normalized spacial score (nSPS) is 17.6. The molecule has 0 unspecified atom stereocenters. The predicted molar refractivity (Wildman–Crippen MR) is 210 cm³/mol. The number of ether oxygens (including phenoxy) is 3. The number of benzene rings is 2. The number of hydrogen-bond acceptors (Lipinski definition) is 9. The number of rotatable bonds is 13. The van der Waals surface area contributed by atoms with Gasteiger partial charge in [0.25, 0.3) is 5.91 Å². The number of H-pyrrole nitrogens is 1. The van der Waals surface area contributed by atoms with Crippen LogP contribution in [0.15, 0.2) is 54.9 Å². The highest BCUT2D eigenvalue weighted by atomic mass is 16.6. The third kappa shape index (κ3) is 10.4. The van der Waals surface area contributed by atoms with Crippen molar-refractivity contribution < 1.29 is 38.5 Å². The molecular formula is C41H55N7O8. The Kier molecular flexibility index (Phi) is 12.3. The monoisotopic (exact) mass is 773 g/mol. The van der Waals surface area contributed by atoms with Crippen molar-refractivity contribution in [2.75, 3.05) is 57.3 Å². The molecule has 0 radical (unpaired) electrons. The summed E-state index contributed by atoms with van der Waals surface area (Å²) in [5.41, 5.74) is 1.86. The van der Waals surface area contributed by atoms with E-state index in [0.29, 0.717) is 37.7 Å². The standard InChI is InChI=1S/C41H55N7O8/c1-40(2,3)56-38(51)42-15-21-54-35-22-28(31-24-43-44-25-31)11-12-29(35)27-48(32-13-14-32)36(49)30-8-7-16-47(26-30)33-9-6-10-34(23-33)55-41(4,5)37(50)45-17-19-46(20-18-45)39(52)53/h6,9-12,22-25,30,32H,7-8,13-21,26-27H2,1-5H3,(H,42,51)(H,43,44)(H,52,53)/t30-/m1/s1. The Bertz CT molecular complexity index is 1850. The molecule has 3 N–H and O–H groups in total. The van der Waals surface area contributed by atoms with Crippen molar-refractivity contribution in [1.82, 2.24) is 30.2 Å². The largest absolute Gasteiger partial charge is 0.491 e. The van der Waals surface area contributed by atoms with Gasteiger partial charge in [0.15, 0.2) is 5.60 Å². The van der Waals surface area contributed by atoms with Crippen LogP contribution in [-0.2, 0) is 20.9 Å². The molecule has 3 fully saturated rings. The maximum atomic E-state index is 14.4. The van der Waals surface area contributed by atoms with Crippen molar-refractivity contribution in [1.29, 1.82) is 0 Å². The smallest absolute Gasteiger partial charge is 0.407 e. The van der Waals surface area contributed by atoms with Gasteiger partial charge in [-0.25, -0.2) is 9.59 Å². The van der Waals surface area contributed by atoms with E-state index in [-0.39, 0.29) is 50.0 Å². The maximum absolute atomic E-state index is 14.4. The summed E-state index contributed by atoms with van der Waals surface area (Å²) in [6, 6.07) is 13.8. The summed E-state index contributed by atoms with van der Waals surface area (Å²) in [6.07, 6.45) is 5.60. The number of piperidine rings is 1. The molecule has 302 valence electrons. The van der Waals surface area contributed by atoms with Crippen molar-refractivity contribution in [2.24, 2.45) is 5.92 Å². The number of nitrogens with zero attached hydrogens (tertiary/aromatic N) is 5. The van der Waals surface area contributed by atoms with E-state index in [2.05, 4.69) is 20.4 Å². The van der Waals surface area contributed by atoms with Gasteiger partial charge in [-0.15, -0.1) is 0 Å². The van der Waals surface area contributed by atoms with E-state index >= 15 is 0 Å². The Morgan fingerprint density at radius 2 is 1.70 bits per heavy atom. The maximum Gasteiger partial charge on any atom is 0.407 e. The summed E-state index contributed by atoms with van der Waals surface area (Å²) in [7, 11) is 0. The molecule has 4 amide bonds. The molecule has 6 rings (SSSR count). The number of carboxylic acid groups (broad SMARTS) is 1. The number of piperazine rings is 1. The number of aromatic nitrogens is 2. The first-order valence-corrected chi connectivity index (χ1v) is 19.5. The Morgan fingerprint density at radius 1 is 0.946 bits per heavy atom. The van der Waals surface area contributed by atoms with Crippen LogP contribution in [0, 0.1) is 5.92 Å². The number of carbonyl (C=O) groups excluding carboxylic acids is 3. The minimum atomic E-state index is -1.16. The van der Waals surface area contributed by atoms with Crippen LogP contribution in [0.25, 0.3) is 11.1 Å². The summed E-state index contributed by atoms with van der Waals surface area (Å²) in [5, 5.41) is 19.0. The molecule has 2 saturated heterocycles. The van der Waals surface area contributed by atoms with Crippen molar-refractivity contribution in [3.8, 4) is 22.6 Å². The Labute approximate surface area is 328 Å². The number of alkyl carbamates (subject to hydrolysis) is 1. The van der Waals surface area contributed by atoms with Gasteiger partial charge in [0, 0.05) is 80.9 Å². The molecular weight excluding hydrogens is 718 g/mol. The first kappa shape index (κ1) is 40.2. The van der Waals surface area contributed by atoms with E-state index in [0.717, 1.165) is 54.6 Å². The van der Waals surface area contributed by atoms with E-state index in [1.807, 2.05) is 74.3 Å². The van der Waals surface area contributed by atoms with Crippen LogP contribution in [0.1, 0.15) is 65.9 Å². The van der Waals surface area contributed by atoms with Crippen molar-refractivity contribution >= 4 is 29.7 Å². The number of hydrogen-bond donors (Lipinski definition) is 3. The molecule has 3 aromatic rings. The lowest BCUT2D eigenvalue weighted by atomic mass is 9.95. The quantitative estimate of drug-likeness (QED) is 0.192. The number of aromatic amines is 1. The Hall–Kier alpha value is -5.47. The fourth-order valence-corrected chi connectivity index (χ4v) is 7.20. The highest BCUT2D eigenvalue weighted by Gasteiger charge is 2.39. The summed E-state index contributed by atoms with van der Waals surface area (Å²) in [5.74, 6) is 0.906. The summed E-state index contributed by atoms with van der Waals surface area (Å²) < 4.78 is 17.9. The van der Waals surface area contributed by atoms with Gasteiger partial charge in [-0.2, -0.15) is 5.10 Å². The van der Waals surface area contributed by atoms with Gasteiger partial charge in [0.1, 0.15) is 23.7 Å². The molecule has 3 heterocycles. The lowest BCUT2D eigenvalue weighted by Gasteiger charge is -2.38. The predicted octanol–water partition coefficient (Wildman–Crippen LogP) is 5.37. The molecule has 1 saturated carbocycles. The number of carbonyl (C=O) groups is 4. The molecule has 0 spiro atoms. The van der Waals surface area contributed by atoms with Gasteiger partial charge in [0.05, 0.1) is 18.7 Å². The van der Waals surface area contributed by atoms with Gasteiger partial charge >= 0.3 is 12.2 Å². The first-order chi connectivity index (χ1) is 26.7. The SMILES string of the molecule is CC(C)(C)OC(=O)NCCOc1cc(-c2cn[nH]c2)ccc1CN(C(=O)[C@@H]1CCCN(c2cccc(OC(C)(C)C(=O)N3CCN(C(=O)O)CC3)c2)C1)C1CC1. The fourth-order valence-electron chi connectivity index (χ4n) is 7.20. The van der Waals surface area contributed by atoms with Gasteiger partial charge in [-0.05, 0) is 84.1 Å². The molecule has 1 atom stereocenters. The molecule has 56 heavy (non-hydrogen) atoms. The molecule has 15 nitrogen and oxygen atoms in total. The first-order valence-electron chi connectivity index (χ1n) is 19.5. The van der Waals surface area contributed by atoms with Crippen LogP contribution >= 0.6 is 0 Å². The van der Waals surface area contributed by atoms with E-state index in [1.54, 1.807) is 24.9 Å². The Balaban J connectivity index is 1.11. The molecule has 3 aliphatic rings. The Morgan fingerprint density at radius 3 is 2.38 bits per heavy atom. The fraction of sp³-hybridized carbons (Fsp3) is 0.537. The minimum absolute atomic E-state index is 0.121. The molecule has 2 aromatic carbocycles. The number of nitrogens with one attached hydrogen (secondary N) is 2. The molecule has 0 bridgehead atoms. The zero-order valence-corrected chi connectivity index (χ0v) is 33.1. The topological polar surface area (TPSA) is 170 Å². The van der Waals surface area contributed by atoms with Crippen LogP contribution in [0.2, 0.25) is 0 Å². The third-order valence-corrected chi connectivity index (χ3v) is 10.2. The van der Waals surface area contributed by atoms with Crippen LogP contribution in [0.3, 0.4) is 0 Å². The molecule has 1 aromatic heterocycles. The average molecular weight is 774 g/mol. The second-order valence-corrected chi connectivity index (χ2v) is 16.2. The van der Waals surface area contributed by atoms with E-state index in [9.17, 15) is 24.3 Å². The van der Waals surface area contributed by atoms with Crippen LogP contribution in [-0.4, -0.2) is 124 Å². The molecule has 1 aliphatic carbocycles. The van der Waals surface area contributed by atoms with Crippen molar-refractivity contribution in [3.63, 3.8) is 0 Å². The second-order valence-electron chi connectivity index (χ2n) is 16.2. The lowest BCUT2D eigenvalue weighted by molar-refractivity contribution is -0.147. The zero-order valence-electron chi connectivity index (χ0n) is 33.1. The van der Waals surface area contributed by atoms with Gasteiger partial charge < -0.3 is 44.2 Å². The average Bonchev–Trinajstić information content (AvgIpc) is 3.86. The summed E-state index contributed by atoms with van der Waals surface area (Å²) >= 11 is 0. The van der Waals surface area contributed by atoms with Crippen molar-refractivity contribution in [3.05, 3.63) is 60.4 Å². The zero-order chi connectivity index (χ0) is 40.0. The van der Waals surface area contributed by atoms with Crippen LogP contribution in [0.4, 0.5) is 15.3 Å². The highest BCUT2D eigenvalue weighted by Crippen LogP contribution is 2.36. The lowest BCUT2D eigenvalue weighted by Crippen LogP contribution is -2.56. The van der Waals surface area contributed by atoms with Gasteiger partial charge in [0.2, 0.25) is 5.91 Å². The van der Waals surface area contributed by atoms with E-state index in [1.165, 1.54) is 4.90 Å². The number of anilines is 1. The van der Waals surface area contributed by atoms with Gasteiger partial charge in [-0.1, -0.05) is 18.2 Å². The van der Waals surface area contributed by atoms with Crippen molar-refractivity contribution in [2.45, 2.75) is 84.1 Å². The highest BCUT2D eigenvalue weighted by molar-refractivity contribution is 5.85. The molecule has 15 heteroatoms. The minimum Gasteiger partial charge on any atom is -0.491 e. The van der Waals surface area contributed by atoms with E-state index in [4.69, 9.17) is 14.2 Å². The second kappa shape index (κ2) is 17.1. The summed E-state index contributed by atoms with van der Waals surface area (Å²) in [4.78, 5) is 58.6. The summed E-state index contributed by atoms with van der Waals surface area (Å²) in [6.45, 7) is 12.3. The molecule has 2 aliphatic heterocycles. The van der Waals surface area contributed by atoms with E-state index < -0.39 is 23.4 Å².